The fraction of sp³-hybridized carbons (Fsp3) is 0.847. The maximum absolute atomic E-state index is 13.0. The Bertz CT molecular complexity index is 1500. The zero-order valence-electron chi connectivity index (χ0n) is 54.5. The van der Waals surface area contributed by atoms with Crippen LogP contribution >= 0.6 is 7.82 Å². The number of nitrogens with zero attached hydrogens (tertiary/aromatic N) is 1. The van der Waals surface area contributed by atoms with Gasteiger partial charge in [-0.3, -0.25) is 9.36 Å². The predicted molar refractivity (Wildman–Crippen MR) is 353 cm³/mol. The van der Waals surface area contributed by atoms with Crippen molar-refractivity contribution in [3.05, 3.63) is 60.8 Å². The minimum atomic E-state index is -4.61. The number of aliphatic hydroxyl groups is 1. The summed E-state index contributed by atoms with van der Waals surface area (Å²) >= 11 is 0. The number of rotatable bonds is 65. The molecular formula is C72H137N2O6P. The highest BCUT2D eigenvalue weighted by molar-refractivity contribution is 7.45. The molecule has 0 saturated carbocycles. The molecular weight excluding hydrogens is 1020 g/mol. The summed E-state index contributed by atoms with van der Waals surface area (Å²) in [6.45, 7) is 4.66. The monoisotopic (exact) mass is 1160 g/mol. The van der Waals surface area contributed by atoms with Crippen molar-refractivity contribution in [2.24, 2.45) is 0 Å². The van der Waals surface area contributed by atoms with Crippen molar-refractivity contribution in [1.29, 1.82) is 0 Å². The molecule has 0 aromatic rings. The lowest BCUT2D eigenvalue weighted by molar-refractivity contribution is -0.870. The van der Waals surface area contributed by atoms with Gasteiger partial charge in [0.15, 0.2) is 0 Å². The number of carbonyl (C=O) groups is 1. The van der Waals surface area contributed by atoms with Crippen LogP contribution in [-0.4, -0.2) is 68.5 Å². The zero-order chi connectivity index (χ0) is 59.1. The fourth-order valence-corrected chi connectivity index (χ4v) is 11.2. The number of unbranched alkanes of at least 4 members (excludes halogenated alkanes) is 44. The summed E-state index contributed by atoms with van der Waals surface area (Å²) < 4.78 is 23.4. The molecule has 0 bridgehead atoms. The lowest BCUT2D eigenvalue weighted by Gasteiger charge is -2.29. The van der Waals surface area contributed by atoms with E-state index in [1.807, 2.05) is 27.2 Å². The first-order valence-corrected chi connectivity index (χ1v) is 36.6. The number of hydrogen-bond acceptors (Lipinski definition) is 6. The molecule has 8 nitrogen and oxygen atoms in total. The average Bonchev–Trinajstić information content (AvgIpc) is 3.43. The van der Waals surface area contributed by atoms with E-state index >= 15 is 0 Å². The number of aliphatic hydroxyl groups excluding tert-OH is 1. The van der Waals surface area contributed by atoms with Gasteiger partial charge < -0.3 is 28.8 Å². The Balaban J connectivity index is 4.11. The van der Waals surface area contributed by atoms with Gasteiger partial charge in [-0.25, -0.2) is 0 Å². The van der Waals surface area contributed by atoms with Crippen LogP contribution in [0.4, 0.5) is 0 Å². The van der Waals surface area contributed by atoms with Crippen molar-refractivity contribution in [3.63, 3.8) is 0 Å². The molecule has 9 heteroatoms. The summed E-state index contributed by atoms with van der Waals surface area (Å²) in [5.41, 5.74) is 0. The van der Waals surface area contributed by atoms with Crippen LogP contribution in [0.25, 0.3) is 0 Å². The van der Waals surface area contributed by atoms with Gasteiger partial charge in [0.1, 0.15) is 13.2 Å². The molecule has 0 aliphatic carbocycles. The van der Waals surface area contributed by atoms with Crippen LogP contribution in [0.1, 0.15) is 341 Å². The quantitative estimate of drug-likeness (QED) is 0.0272. The number of allylic oxidation sites excluding steroid dienone is 9. The van der Waals surface area contributed by atoms with E-state index < -0.39 is 26.6 Å². The van der Waals surface area contributed by atoms with Crippen molar-refractivity contribution in [2.45, 2.75) is 353 Å². The summed E-state index contributed by atoms with van der Waals surface area (Å²) in [5, 5.41) is 13.9. The van der Waals surface area contributed by atoms with Crippen molar-refractivity contribution in [1.82, 2.24) is 5.32 Å². The molecule has 0 heterocycles. The highest BCUT2D eigenvalue weighted by atomic mass is 31.2. The molecule has 0 rings (SSSR count). The number of likely N-dealkylation sites (N-methyl/N-ethyl adjacent to an activating group) is 1. The second-order valence-corrected chi connectivity index (χ2v) is 26.6. The molecule has 0 radical (unpaired) electrons. The molecule has 81 heavy (non-hydrogen) atoms. The predicted octanol–water partition coefficient (Wildman–Crippen LogP) is 21.8. The Kier molecular flexibility index (Phi) is 61.3. The number of carbonyl (C=O) groups excluding carboxylic acids is 1. The van der Waals surface area contributed by atoms with E-state index in [1.165, 1.54) is 270 Å². The van der Waals surface area contributed by atoms with E-state index in [0.717, 1.165) is 51.4 Å². The van der Waals surface area contributed by atoms with E-state index in [4.69, 9.17) is 9.05 Å². The zero-order valence-corrected chi connectivity index (χ0v) is 55.4. The first kappa shape index (κ1) is 79.2. The SMILES string of the molecule is CCCCCCC/C=C\C/C=C\C/C=C\CCCCCCCCCCCCCCC(=O)NC(COP(=O)([O-])OCC[N+](C)(C)C)C(O)/C=C/CC/C=C/CCCCCCCCCCCCCCCCCCCCCCCCCCCC. The van der Waals surface area contributed by atoms with E-state index in [-0.39, 0.29) is 12.5 Å². The van der Waals surface area contributed by atoms with Crippen molar-refractivity contribution >= 4 is 13.7 Å². The second kappa shape index (κ2) is 62.7. The second-order valence-electron chi connectivity index (χ2n) is 25.2. The molecule has 0 aromatic heterocycles. The van der Waals surface area contributed by atoms with E-state index in [0.29, 0.717) is 17.4 Å². The van der Waals surface area contributed by atoms with Gasteiger partial charge in [-0.05, 0) is 70.6 Å². The normalized spacial score (nSPS) is 14.0. The molecule has 0 fully saturated rings. The van der Waals surface area contributed by atoms with Gasteiger partial charge in [0.2, 0.25) is 5.91 Å². The summed E-state index contributed by atoms with van der Waals surface area (Å²) in [5.74, 6) is -0.206. The van der Waals surface area contributed by atoms with Gasteiger partial charge in [0, 0.05) is 6.42 Å². The van der Waals surface area contributed by atoms with Crippen LogP contribution in [0.5, 0.6) is 0 Å². The smallest absolute Gasteiger partial charge is 0.268 e. The Hall–Kier alpha value is -1.80. The number of quaternary nitrogens is 1. The van der Waals surface area contributed by atoms with Crippen LogP contribution in [-0.2, 0) is 18.4 Å². The summed E-state index contributed by atoms with van der Waals surface area (Å²) in [6, 6.07) is -0.909. The Morgan fingerprint density at radius 1 is 0.432 bits per heavy atom. The van der Waals surface area contributed by atoms with Crippen LogP contribution in [0, 0.1) is 0 Å². The molecule has 0 spiro atoms. The number of amides is 1. The van der Waals surface area contributed by atoms with E-state index in [1.54, 1.807) is 6.08 Å². The third-order valence-corrected chi connectivity index (χ3v) is 16.9. The molecule has 0 aliphatic heterocycles. The lowest BCUT2D eigenvalue weighted by Crippen LogP contribution is -2.45. The van der Waals surface area contributed by atoms with Crippen molar-refractivity contribution in [2.75, 3.05) is 40.9 Å². The molecule has 2 N–H and O–H groups in total. The standard InChI is InChI=1S/C72H137N2O6P/c1-6-8-10-12-14-16-18-20-22-24-26-28-30-32-34-35-36-37-38-40-41-43-45-47-49-51-53-55-57-59-61-63-65-71(75)70(69-80-81(77,78)79-68-67-74(3,4)5)73-72(76)66-64-62-60-58-56-54-52-50-48-46-44-42-39-33-31-29-27-25-23-21-19-17-15-13-11-9-7-2/h19,21,25,27,31,33,55,57,63,65,70-71,75H,6-18,20,22-24,26,28-30,32,34-54,56,58-62,64,66-69H2,1-5H3,(H-,73,76,77,78)/b21-19-,27-25-,33-31-,57-55+,65-63+. The number of nitrogens with one attached hydrogen (secondary N) is 1. The number of phosphoric ester groups is 1. The third-order valence-electron chi connectivity index (χ3n) is 15.9. The summed E-state index contributed by atoms with van der Waals surface area (Å²) in [7, 11) is 1.25. The molecule has 1 amide bonds. The molecule has 0 saturated heterocycles. The Morgan fingerprint density at radius 3 is 1.09 bits per heavy atom. The lowest BCUT2D eigenvalue weighted by atomic mass is 10.0. The minimum Gasteiger partial charge on any atom is -0.756 e. The molecule has 3 unspecified atom stereocenters. The topological polar surface area (TPSA) is 108 Å². The fourth-order valence-electron chi connectivity index (χ4n) is 10.5. The van der Waals surface area contributed by atoms with Crippen LogP contribution < -0.4 is 10.2 Å². The maximum Gasteiger partial charge on any atom is 0.268 e. The van der Waals surface area contributed by atoms with Crippen molar-refractivity contribution < 1.29 is 32.9 Å². The first-order valence-electron chi connectivity index (χ1n) is 35.2. The largest absolute Gasteiger partial charge is 0.756 e. The van der Waals surface area contributed by atoms with Gasteiger partial charge >= 0.3 is 0 Å². The molecule has 0 aromatic carbocycles. The van der Waals surface area contributed by atoms with Crippen LogP contribution in [0.3, 0.4) is 0 Å². The summed E-state index contributed by atoms with van der Waals surface area (Å²) in [4.78, 5) is 25.6. The van der Waals surface area contributed by atoms with E-state index in [9.17, 15) is 19.4 Å². The minimum absolute atomic E-state index is 0.00775. The van der Waals surface area contributed by atoms with Gasteiger partial charge in [0.25, 0.3) is 7.82 Å². The van der Waals surface area contributed by atoms with Crippen molar-refractivity contribution in [3.8, 4) is 0 Å². The first-order chi connectivity index (χ1) is 39.5. The van der Waals surface area contributed by atoms with Crippen LogP contribution in [0.15, 0.2) is 60.8 Å². The highest BCUT2D eigenvalue weighted by Gasteiger charge is 2.23. The molecule has 3 atom stereocenters. The highest BCUT2D eigenvalue weighted by Crippen LogP contribution is 2.38. The maximum atomic E-state index is 13.0. The van der Waals surface area contributed by atoms with Gasteiger partial charge in [-0.2, -0.15) is 0 Å². The number of phosphoric acid groups is 1. The van der Waals surface area contributed by atoms with Gasteiger partial charge in [-0.15, -0.1) is 0 Å². The summed E-state index contributed by atoms with van der Waals surface area (Å²) in [6.07, 6.45) is 86.3. The molecule has 476 valence electrons. The average molecular weight is 1160 g/mol. The Labute approximate surface area is 504 Å². The van der Waals surface area contributed by atoms with E-state index in [2.05, 4.69) is 67.8 Å². The molecule has 0 aliphatic rings. The number of hydrogen-bond donors (Lipinski definition) is 2. The van der Waals surface area contributed by atoms with Gasteiger partial charge in [-0.1, -0.05) is 325 Å². The van der Waals surface area contributed by atoms with Crippen LogP contribution in [0.2, 0.25) is 0 Å². The Morgan fingerprint density at radius 2 is 0.728 bits per heavy atom. The van der Waals surface area contributed by atoms with Gasteiger partial charge in [0.05, 0.1) is 39.9 Å². The third kappa shape index (κ3) is 65.6.